The standard InChI is InChI=1S/C25H34NO6P/c1-6-31-23(27)22(17-33(29,30)18(2)26-24(28)32-25(3,4)5)16-19-12-14-21(15-13-19)20-10-8-7-9-11-20/h7-15,18,22H,6,16-17H2,1-5H3,(H,26,28)(H,29,30)/t18?,22-/m0/s1. The fraction of sp³-hybridized carbons (Fsp3) is 0.440. The maximum atomic E-state index is 13.0. The predicted octanol–water partition coefficient (Wildman–Crippen LogP) is 5.22. The molecule has 7 nitrogen and oxygen atoms in total. The van der Waals surface area contributed by atoms with Crippen molar-refractivity contribution in [2.45, 2.75) is 52.4 Å². The molecular formula is C25H34NO6P. The molecule has 0 bridgehead atoms. The van der Waals surface area contributed by atoms with E-state index in [1.54, 1.807) is 27.7 Å². The van der Waals surface area contributed by atoms with Crippen LogP contribution in [0.3, 0.4) is 0 Å². The second-order valence-electron chi connectivity index (χ2n) is 8.98. The molecule has 0 aromatic heterocycles. The smallest absolute Gasteiger partial charge is 0.408 e. The van der Waals surface area contributed by atoms with E-state index in [0.717, 1.165) is 16.7 Å². The predicted molar refractivity (Wildman–Crippen MR) is 129 cm³/mol. The van der Waals surface area contributed by atoms with Crippen LogP contribution >= 0.6 is 7.37 Å². The molecule has 8 heteroatoms. The number of alkyl carbamates (subject to hydrolysis) is 1. The van der Waals surface area contributed by atoms with Crippen LogP contribution in [0.2, 0.25) is 0 Å². The maximum Gasteiger partial charge on any atom is 0.408 e. The SMILES string of the molecule is CCOC(=O)[C@@H](Cc1ccc(-c2ccccc2)cc1)CP(=O)(O)C(C)NC(=O)OC(C)(C)C. The molecule has 0 saturated carbocycles. The minimum absolute atomic E-state index is 0.170. The number of rotatable bonds is 9. The molecule has 1 amide bonds. The maximum absolute atomic E-state index is 13.0. The van der Waals surface area contributed by atoms with Crippen LogP contribution < -0.4 is 5.32 Å². The highest BCUT2D eigenvalue weighted by Crippen LogP contribution is 2.47. The van der Waals surface area contributed by atoms with Crippen LogP contribution in [-0.2, 0) is 25.3 Å². The third kappa shape index (κ3) is 8.67. The number of benzene rings is 2. The third-order valence-corrected chi connectivity index (χ3v) is 7.28. The van der Waals surface area contributed by atoms with Gasteiger partial charge in [0, 0.05) is 6.16 Å². The van der Waals surface area contributed by atoms with Gasteiger partial charge in [0.2, 0.25) is 7.37 Å². The van der Waals surface area contributed by atoms with Crippen LogP contribution in [0, 0.1) is 5.92 Å². The molecule has 0 spiro atoms. The monoisotopic (exact) mass is 475 g/mol. The van der Waals surface area contributed by atoms with Gasteiger partial charge in [0.15, 0.2) is 0 Å². The molecule has 3 atom stereocenters. The number of carbonyl (C=O) groups is 2. The van der Waals surface area contributed by atoms with Crippen LogP contribution in [0.25, 0.3) is 11.1 Å². The topological polar surface area (TPSA) is 102 Å². The summed E-state index contributed by atoms with van der Waals surface area (Å²) in [7, 11) is -3.94. The highest BCUT2D eigenvalue weighted by molar-refractivity contribution is 7.58. The molecule has 33 heavy (non-hydrogen) atoms. The first-order chi connectivity index (χ1) is 15.4. The molecule has 0 heterocycles. The Bertz CT molecular complexity index is 969. The van der Waals surface area contributed by atoms with E-state index >= 15 is 0 Å². The van der Waals surface area contributed by atoms with Crippen molar-refractivity contribution < 1.29 is 28.5 Å². The largest absolute Gasteiger partial charge is 0.466 e. The van der Waals surface area contributed by atoms with Gasteiger partial charge < -0.3 is 19.7 Å². The first kappa shape index (κ1) is 26.6. The molecular weight excluding hydrogens is 441 g/mol. The molecule has 2 N–H and O–H groups in total. The van der Waals surface area contributed by atoms with Crippen LogP contribution in [-0.4, -0.2) is 41.1 Å². The Morgan fingerprint density at radius 1 is 1.03 bits per heavy atom. The van der Waals surface area contributed by atoms with Gasteiger partial charge in [-0.15, -0.1) is 0 Å². The first-order valence-corrected chi connectivity index (χ1v) is 12.9. The van der Waals surface area contributed by atoms with Gasteiger partial charge in [-0.05, 0) is 57.7 Å². The molecule has 0 aliphatic carbocycles. The third-order valence-electron chi connectivity index (χ3n) is 4.98. The van der Waals surface area contributed by atoms with Crippen LogP contribution in [0.5, 0.6) is 0 Å². The minimum Gasteiger partial charge on any atom is -0.466 e. The summed E-state index contributed by atoms with van der Waals surface area (Å²) in [5.41, 5.74) is 2.23. The number of ether oxygens (including phenoxy) is 2. The molecule has 0 aliphatic heterocycles. The molecule has 0 saturated heterocycles. The number of esters is 1. The summed E-state index contributed by atoms with van der Waals surface area (Å²) in [4.78, 5) is 35.3. The van der Waals surface area contributed by atoms with Crippen molar-refractivity contribution in [3.05, 3.63) is 60.2 Å². The Balaban J connectivity index is 2.13. The van der Waals surface area contributed by atoms with Gasteiger partial charge in [-0.3, -0.25) is 9.36 Å². The van der Waals surface area contributed by atoms with Gasteiger partial charge >= 0.3 is 12.1 Å². The number of nitrogens with one attached hydrogen (secondary N) is 1. The number of carbonyl (C=O) groups excluding carboxylic acids is 2. The fourth-order valence-electron chi connectivity index (χ4n) is 3.28. The van der Waals surface area contributed by atoms with Gasteiger partial charge in [0.05, 0.1) is 12.5 Å². The van der Waals surface area contributed by atoms with Crippen LogP contribution in [0.4, 0.5) is 4.79 Å². The zero-order valence-electron chi connectivity index (χ0n) is 19.9. The average Bonchev–Trinajstić information content (AvgIpc) is 2.73. The van der Waals surface area contributed by atoms with Gasteiger partial charge in [-0.1, -0.05) is 54.6 Å². The van der Waals surface area contributed by atoms with E-state index in [4.69, 9.17) is 9.47 Å². The molecule has 2 aromatic rings. The van der Waals surface area contributed by atoms with Crippen molar-refractivity contribution in [1.29, 1.82) is 0 Å². The van der Waals surface area contributed by atoms with Gasteiger partial charge in [0.25, 0.3) is 0 Å². The molecule has 180 valence electrons. The van der Waals surface area contributed by atoms with E-state index in [0.29, 0.717) is 0 Å². The Hall–Kier alpha value is -2.63. The lowest BCUT2D eigenvalue weighted by atomic mass is 9.98. The number of amides is 1. The van der Waals surface area contributed by atoms with Crippen molar-refractivity contribution in [2.75, 3.05) is 12.8 Å². The summed E-state index contributed by atoms with van der Waals surface area (Å²) in [6.45, 7) is 8.40. The molecule has 0 fully saturated rings. The quantitative estimate of drug-likeness (QED) is 0.381. The zero-order chi connectivity index (χ0) is 24.6. The lowest BCUT2D eigenvalue weighted by Crippen LogP contribution is -2.38. The van der Waals surface area contributed by atoms with E-state index in [-0.39, 0.29) is 19.2 Å². The Labute approximate surface area is 196 Å². The molecule has 0 radical (unpaired) electrons. The van der Waals surface area contributed by atoms with Crippen molar-refractivity contribution in [2.24, 2.45) is 5.92 Å². The van der Waals surface area contributed by atoms with E-state index in [2.05, 4.69) is 5.32 Å². The summed E-state index contributed by atoms with van der Waals surface area (Å²) in [5, 5.41) is 2.42. The summed E-state index contributed by atoms with van der Waals surface area (Å²) < 4.78 is 23.4. The summed E-state index contributed by atoms with van der Waals surface area (Å²) in [5.74, 6) is -2.45. The van der Waals surface area contributed by atoms with Crippen LogP contribution in [0.15, 0.2) is 54.6 Å². The number of hydrogen-bond acceptors (Lipinski definition) is 5. The van der Waals surface area contributed by atoms with E-state index in [1.165, 1.54) is 6.92 Å². The van der Waals surface area contributed by atoms with Crippen molar-refractivity contribution >= 4 is 19.4 Å². The molecule has 2 rings (SSSR count). The van der Waals surface area contributed by atoms with Gasteiger partial charge in [-0.25, -0.2) is 4.79 Å². The number of hydrogen-bond donors (Lipinski definition) is 2. The highest BCUT2D eigenvalue weighted by atomic mass is 31.2. The van der Waals surface area contributed by atoms with Crippen LogP contribution in [0.1, 0.15) is 40.2 Å². The lowest BCUT2D eigenvalue weighted by molar-refractivity contribution is -0.147. The second-order valence-corrected chi connectivity index (χ2v) is 11.6. The fourth-order valence-corrected chi connectivity index (χ4v) is 4.82. The summed E-state index contributed by atoms with van der Waals surface area (Å²) >= 11 is 0. The Morgan fingerprint density at radius 3 is 2.15 bits per heavy atom. The van der Waals surface area contributed by atoms with E-state index in [1.807, 2.05) is 54.6 Å². The summed E-state index contributed by atoms with van der Waals surface area (Å²) in [6.07, 6.45) is -0.852. The van der Waals surface area contributed by atoms with E-state index < -0.39 is 36.7 Å². The Morgan fingerprint density at radius 2 is 1.61 bits per heavy atom. The normalized spacial score (nSPS) is 15.1. The molecule has 2 aromatic carbocycles. The first-order valence-electron chi connectivity index (χ1n) is 11.0. The van der Waals surface area contributed by atoms with E-state index in [9.17, 15) is 19.0 Å². The molecule has 2 unspecified atom stereocenters. The lowest BCUT2D eigenvalue weighted by Gasteiger charge is -2.26. The van der Waals surface area contributed by atoms with Crippen molar-refractivity contribution in [3.63, 3.8) is 0 Å². The highest BCUT2D eigenvalue weighted by Gasteiger charge is 2.36. The second kappa shape index (κ2) is 11.5. The average molecular weight is 476 g/mol. The van der Waals surface area contributed by atoms with Gasteiger partial charge in [0.1, 0.15) is 11.4 Å². The molecule has 0 aliphatic rings. The van der Waals surface area contributed by atoms with Crippen molar-refractivity contribution in [3.8, 4) is 11.1 Å². The van der Waals surface area contributed by atoms with Gasteiger partial charge in [-0.2, -0.15) is 0 Å². The van der Waals surface area contributed by atoms with Crippen molar-refractivity contribution in [1.82, 2.24) is 5.32 Å². The minimum atomic E-state index is -3.94. The Kier molecular flexibility index (Phi) is 9.26. The summed E-state index contributed by atoms with van der Waals surface area (Å²) in [6, 6.07) is 17.6. The zero-order valence-corrected chi connectivity index (χ0v) is 20.8.